The Balaban J connectivity index is 1.67. The average molecular weight is 453 g/mol. The van der Waals surface area contributed by atoms with Gasteiger partial charge in [-0.15, -0.1) is 0 Å². The predicted octanol–water partition coefficient (Wildman–Crippen LogP) is 2.94. The standard InChI is InChI=1S/C25H36N6O2/c1-17(2)13-20(15-26)28-25(33)21-7-5-6-8-22(21)29-24(32)18-9-10-23-19(14-18)16-27-31(23)12-11-30(3)4/h9-10,14,16-17,20-22H,5-8,11-13H2,1-4H3,(H,28,33)(H,29,32)/t20-,21+,22-/m0/s1. The van der Waals surface area contributed by atoms with Crippen LogP contribution in [-0.2, 0) is 11.3 Å². The number of carbonyl (C=O) groups is 2. The molecule has 0 aliphatic heterocycles. The lowest BCUT2D eigenvalue weighted by atomic mass is 9.83. The van der Waals surface area contributed by atoms with Crippen LogP contribution < -0.4 is 10.6 Å². The quantitative estimate of drug-likeness (QED) is 0.609. The number of fused-ring (bicyclic) bond motifs is 1. The van der Waals surface area contributed by atoms with Gasteiger partial charge in [0.25, 0.3) is 5.91 Å². The molecule has 1 heterocycles. The Kier molecular flexibility index (Phi) is 8.45. The number of hydrogen-bond acceptors (Lipinski definition) is 5. The van der Waals surface area contributed by atoms with Gasteiger partial charge in [-0.25, -0.2) is 0 Å². The van der Waals surface area contributed by atoms with Gasteiger partial charge >= 0.3 is 0 Å². The summed E-state index contributed by atoms with van der Waals surface area (Å²) in [4.78, 5) is 28.1. The fourth-order valence-corrected chi connectivity index (χ4v) is 4.46. The van der Waals surface area contributed by atoms with Crippen molar-refractivity contribution in [1.82, 2.24) is 25.3 Å². The van der Waals surface area contributed by atoms with Crippen LogP contribution >= 0.6 is 0 Å². The van der Waals surface area contributed by atoms with Gasteiger partial charge in [-0.1, -0.05) is 26.7 Å². The normalized spacial score (nSPS) is 19.4. The fraction of sp³-hybridized carbons (Fsp3) is 0.600. The minimum absolute atomic E-state index is 0.134. The molecule has 1 aliphatic carbocycles. The third-order valence-corrected chi connectivity index (χ3v) is 6.26. The van der Waals surface area contributed by atoms with Gasteiger partial charge in [0.2, 0.25) is 5.91 Å². The van der Waals surface area contributed by atoms with E-state index in [0.717, 1.165) is 43.3 Å². The second-order valence-electron chi connectivity index (χ2n) is 9.74. The smallest absolute Gasteiger partial charge is 0.251 e. The minimum Gasteiger partial charge on any atom is -0.349 e. The molecule has 8 heteroatoms. The van der Waals surface area contributed by atoms with Gasteiger partial charge in [-0.05, 0) is 57.5 Å². The number of rotatable bonds is 9. The maximum Gasteiger partial charge on any atom is 0.251 e. The number of carbonyl (C=O) groups excluding carboxylic acids is 2. The van der Waals surface area contributed by atoms with Gasteiger partial charge in [0.1, 0.15) is 6.04 Å². The van der Waals surface area contributed by atoms with Crippen molar-refractivity contribution >= 4 is 22.7 Å². The molecule has 0 bridgehead atoms. The average Bonchev–Trinajstić information content (AvgIpc) is 3.19. The monoisotopic (exact) mass is 452 g/mol. The number of aromatic nitrogens is 2. The molecule has 0 radical (unpaired) electrons. The highest BCUT2D eigenvalue weighted by atomic mass is 16.2. The zero-order valence-electron chi connectivity index (χ0n) is 20.2. The predicted molar refractivity (Wildman–Crippen MR) is 128 cm³/mol. The summed E-state index contributed by atoms with van der Waals surface area (Å²) in [6.07, 6.45) is 5.80. The largest absolute Gasteiger partial charge is 0.349 e. The Hall–Kier alpha value is -2.92. The number of nitrogens with zero attached hydrogens (tertiary/aromatic N) is 4. The molecule has 178 valence electrons. The van der Waals surface area contributed by atoms with E-state index in [4.69, 9.17) is 0 Å². The van der Waals surface area contributed by atoms with E-state index in [2.05, 4.69) is 26.7 Å². The maximum atomic E-state index is 13.0. The lowest BCUT2D eigenvalue weighted by Gasteiger charge is -2.32. The van der Waals surface area contributed by atoms with Crippen molar-refractivity contribution < 1.29 is 9.59 Å². The summed E-state index contributed by atoms with van der Waals surface area (Å²) in [5.74, 6) is -0.311. The Morgan fingerprint density at radius 3 is 2.73 bits per heavy atom. The molecule has 0 saturated heterocycles. The molecule has 2 N–H and O–H groups in total. The fourth-order valence-electron chi connectivity index (χ4n) is 4.46. The Morgan fingerprint density at radius 1 is 1.27 bits per heavy atom. The molecule has 8 nitrogen and oxygen atoms in total. The molecule has 1 aromatic heterocycles. The number of nitrogens with one attached hydrogen (secondary N) is 2. The van der Waals surface area contributed by atoms with Gasteiger partial charge in [-0.2, -0.15) is 10.4 Å². The SMILES string of the molecule is CC(C)C[C@@H](C#N)NC(=O)[C@@H]1CCCC[C@@H]1NC(=O)c1ccc2c(cnn2CCN(C)C)c1. The van der Waals surface area contributed by atoms with E-state index in [-0.39, 0.29) is 23.8 Å². The lowest BCUT2D eigenvalue weighted by Crippen LogP contribution is -2.50. The molecule has 1 saturated carbocycles. The zero-order valence-corrected chi connectivity index (χ0v) is 20.2. The molecule has 2 aromatic rings. The van der Waals surface area contributed by atoms with Crippen LogP contribution in [0.4, 0.5) is 0 Å². The minimum atomic E-state index is -0.498. The van der Waals surface area contributed by atoms with Crippen molar-refractivity contribution in [2.45, 2.75) is 64.6 Å². The van der Waals surface area contributed by atoms with E-state index < -0.39 is 6.04 Å². The summed E-state index contributed by atoms with van der Waals surface area (Å²) < 4.78 is 1.95. The van der Waals surface area contributed by atoms with Crippen molar-refractivity contribution in [2.24, 2.45) is 11.8 Å². The number of amides is 2. The van der Waals surface area contributed by atoms with Gasteiger partial charge < -0.3 is 15.5 Å². The molecule has 1 aliphatic rings. The number of nitriles is 1. The van der Waals surface area contributed by atoms with Crippen molar-refractivity contribution in [3.8, 4) is 6.07 Å². The Morgan fingerprint density at radius 2 is 2.03 bits per heavy atom. The van der Waals surface area contributed by atoms with E-state index in [1.165, 1.54) is 0 Å². The highest BCUT2D eigenvalue weighted by Crippen LogP contribution is 2.26. The van der Waals surface area contributed by atoms with Crippen LogP contribution in [0.25, 0.3) is 10.9 Å². The molecule has 2 amide bonds. The molecule has 3 rings (SSSR count). The van der Waals surface area contributed by atoms with Crippen LogP contribution in [0.1, 0.15) is 56.3 Å². The van der Waals surface area contributed by atoms with Crippen LogP contribution in [0.2, 0.25) is 0 Å². The third kappa shape index (κ3) is 6.55. The van der Waals surface area contributed by atoms with Crippen molar-refractivity contribution in [3.63, 3.8) is 0 Å². The molecule has 3 atom stereocenters. The van der Waals surface area contributed by atoms with E-state index in [1.54, 1.807) is 6.20 Å². The number of benzene rings is 1. The Labute approximate surface area is 196 Å². The summed E-state index contributed by atoms with van der Waals surface area (Å²) in [7, 11) is 4.05. The molecule has 1 fully saturated rings. The molecule has 1 aromatic carbocycles. The first-order chi connectivity index (χ1) is 15.8. The number of hydrogen-bond donors (Lipinski definition) is 2. The molecule has 0 spiro atoms. The summed E-state index contributed by atoms with van der Waals surface area (Å²) in [6.45, 7) is 5.72. The topological polar surface area (TPSA) is 103 Å². The van der Waals surface area contributed by atoms with Gasteiger partial charge in [0.15, 0.2) is 0 Å². The third-order valence-electron chi connectivity index (χ3n) is 6.26. The molecule has 0 unspecified atom stereocenters. The van der Waals surface area contributed by atoms with Gasteiger partial charge in [-0.3, -0.25) is 14.3 Å². The maximum absolute atomic E-state index is 13.0. The summed E-state index contributed by atoms with van der Waals surface area (Å²) in [5.41, 5.74) is 1.56. The summed E-state index contributed by atoms with van der Waals surface area (Å²) in [5, 5.41) is 20.7. The van der Waals surface area contributed by atoms with Crippen molar-refractivity contribution in [1.29, 1.82) is 5.26 Å². The van der Waals surface area contributed by atoms with Crippen LogP contribution in [-0.4, -0.2) is 59.2 Å². The van der Waals surface area contributed by atoms with E-state index >= 15 is 0 Å². The van der Waals surface area contributed by atoms with Gasteiger partial charge in [0, 0.05) is 23.5 Å². The first-order valence-electron chi connectivity index (χ1n) is 11.9. The van der Waals surface area contributed by atoms with Crippen LogP contribution in [0.15, 0.2) is 24.4 Å². The van der Waals surface area contributed by atoms with E-state index in [1.807, 2.05) is 50.8 Å². The van der Waals surface area contributed by atoms with Gasteiger partial charge in [0.05, 0.1) is 30.2 Å². The van der Waals surface area contributed by atoms with Crippen LogP contribution in [0.3, 0.4) is 0 Å². The lowest BCUT2D eigenvalue weighted by molar-refractivity contribution is -0.127. The van der Waals surface area contributed by atoms with E-state index in [0.29, 0.717) is 24.3 Å². The highest BCUT2D eigenvalue weighted by Gasteiger charge is 2.33. The summed E-state index contributed by atoms with van der Waals surface area (Å²) in [6, 6.07) is 7.06. The Bertz CT molecular complexity index is 1010. The van der Waals surface area contributed by atoms with Crippen LogP contribution in [0.5, 0.6) is 0 Å². The van der Waals surface area contributed by atoms with Crippen molar-refractivity contribution in [2.75, 3.05) is 20.6 Å². The first kappa shape index (κ1) is 24.7. The zero-order chi connectivity index (χ0) is 24.0. The first-order valence-corrected chi connectivity index (χ1v) is 11.9. The second-order valence-corrected chi connectivity index (χ2v) is 9.74. The number of likely N-dealkylation sites (N-methyl/N-ethyl adjacent to an activating group) is 1. The van der Waals surface area contributed by atoms with E-state index in [9.17, 15) is 14.9 Å². The summed E-state index contributed by atoms with van der Waals surface area (Å²) >= 11 is 0. The van der Waals surface area contributed by atoms with Crippen LogP contribution in [0, 0.1) is 23.2 Å². The molecule has 33 heavy (non-hydrogen) atoms. The highest BCUT2D eigenvalue weighted by molar-refractivity contribution is 5.98. The van der Waals surface area contributed by atoms with Crippen molar-refractivity contribution in [3.05, 3.63) is 30.0 Å². The second kappa shape index (κ2) is 11.3. The molecular formula is C25H36N6O2. The molecular weight excluding hydrogens is 416 g/mol.